The summed E-state index contributed by atoms with van der Waals surface area (Å²) in [6, 6.07) is 17.6. The number of ether oxygens (including phenoxy) is 2. The topological polar surface area (TPSA) is 94.8 Å². The van der Waals surface area contributed by atoms with Crippen LogP contribution in [0.3, 0.4) is 0 Å². The molecule has 0 aliphatic heterocycles. The van der Waals surface area contributed by atoms with E-state index < -0.39 is 4.92 Å². The SMILES string of the molecule is COc1ccc(OC)c2sc(N(Cc3ccccc3)C(=O)c3cccc([N+](=O)[O-])c3C)nc12. The van der Waals surface area contributed by atoms with E-state index in [0.29, 0.717) is 27.7 Å². The van der Waals surface area contributed by atoms with E-state index in [-0.39, 0.29) is 23.7 Å². The average Bonchev–Trinajstić information content (AvgIpc) is 3.27. The molecular formula is C24H21N3O5S. The zero-order valence-corrected chi connectivity index (χ0v) is 19.1. The molecule has 0 atom stereocenters. The summed E-state index contributed by atoms with van der Waals surface area (Å²) in [6.45, 7) is 1.82. The van der Waals surface area contributed by atoms with Gasteiger partial charge in [0.05, 0.1) is 25.7 Å². The van der Waals surface area contributed by atoms with Gasteiger partial charge in [0.25, 0.3) is 11.6 Å². The molecule has 33 heavy (non-hydrogen) atoms. The number of carbonyl (C=O) groups is 1. The molecule has 0 spiro atoms. The van der Waals surface area contributed by atoms with Crippen molar-refractivity contribution in [2.45, 2.75) is 13.5 Å². The molecule has 8 nitrogen and oxygen atoms in total. The van der Waals surface area contributed by atoms with Gasteiger partial charge >= 0.3 is 0 Å². The Kier molecular flexibility index (Phi) is 6.23. The number of hydrogen-bond donors (Lipinski definition) is 0. The van der Waals surface area contributed by atoms with Crippen molar-refractivity contribution in [3.8, 4) is 11.5 Å². The van der Waals surface area contributed by atoms with E-state index in [1.165, 1.54) is 28.4 Å². The Morgan fingerprint density at radius 2 is 1.73 bits per heavy atom. The molecule has 9 heteroatoms. The van der Waals surface area contributed by atoms with Crippen LogP contribution in [0.5, 0.6) is 11.5 Å². The Morgan fingerprint density at radius 3 is 2.39 bits per heavy atom. The number of carbonyl (C=O) groups excluding carboxylic acids is 1. The van der Waals surface area contributed by atoms with Crippen LogP contribution in [0.2, 0.25) is 0 Å². The first-order chi connectivity index (χ1) is 15.9. The molecule has 0 N–H and O–H groups in total. The third kappa shape index (κ3) is 4.22. The van der Waals surface area contributed by atoms with Crippen LogP contribution in [0.1, 0.15) is 21.5 Å². The number of benzene rings is 3. The first-order valence-electron chi connectivity index (χ1n) is 10.1. The molecule has 4 rings (SSSR count). The maximum absolute atomic E-state index is 13.7. The Balaban J connectivity index is 1.87. The van der Waals surface area contributed by atoms with E-state index in [2.05, 4.69) is 0 Å². The average molecular weight is 464 g/mol. The van der Waals surface area contributed by atoms with Crippen LogP contribution in [-0.2, 0) is 6.54 Å². The largest absolute Gasteiger partial charge is 0.495 e. The fourth-order valence-corrected chi connectivity index (χ4v) is 4.65. The van der Waals surface area contributed by atoms with E-state index in [0.717, 1.165) is 10.3 Å². The Hall–Kier alpha value is -3.98. The summed E-state index contributed by atoms with van der Waals surface area (Å²) in [7, 11) is 3.12. The van der Waals surface area contributed by atoms with Crippen LogP contribution in [-0.4, -0.2) is 30.0 Å². The zero-order chi connectivity index (χ0) is 23.5. The molecule has 0 radical (unpaired) electrons. The number of nitrogens with zero attached hydrogens (tertiary/aromatic N) is 3. The highest BCUT2D eigenvalue weighted by atomic mass is 32.1. The fourth-order valence-electron chi connectivity index (χ4n) is 3.58. The summed E-state index contributed by atoms with van der Waals surface area (Å²) < 4.78 is 11.7. The predicted octanol–water partition coefficient (Wildman–Crippen LogP) is 5.38. The van der Waals surface area contributed by atoms with Gasteiger partial charge in [0, 0.05) is 17.2 Å². The summed E-state index contributed by atoms with van der Waals surface area (Å²) in [5, 5.41) is 11.9. The monoisotopic (exact) mass is 463 g/mol. The second-order valence-corrected chi connectivity index (χ2v) is 8.21. The second kappa shape index (κ2) is 9.25. The van der Waals surface area contributed by atoms with Crippen LogP contribution >= 0.6 is 11.3 Å². The molecule has 3 aromatic carbocycles. The minimum Gasteiger partial charge on any atom is -0.495 e. The zero-order valence-electron chi connectivity index (χ0n) is 18.3. The van der Waals surface area contributed by atoms with E-state index in [1.54, 1.807) is 39.3 Å². The van der Waals surface area contributed by atoms with Gasteiger partial charge in [-0.25, -0.2) is 4.98 Å². The van der Waals surface area contributed by atoms with Crippen LogP contribution in [0.25, 0.3) is 10.2 Å². The van der Waals surface area contributed by atoms with Gasteiger partial charge in [-0.1, -0.05) is 47.7 Å². The molecular weight excluding hydrogens is 442 g/mol. The Labute approximate surface area is 194 Å². The molecule has 1 amide bonds. The molecule has 1 aromatic heterocycles. The maximum atomic E-state index is 13.7. The van der Waals surface area contributed by atoms with E-state index >= 15 is 0 Å². The van der Waals surface area contributed by atoms with Crippen molar-refractivity contribution in [1.82, 2.24) is 4.98 Å². The lowest BCUT2D eigenvalue weighted by Crippen LogP contribution is -2.31. The number of hydrogen-bond acceptors (Lipinski definition) is 7. The Bertz CT molecular complexity index is 1300. The number of nitro groups is 1. The number of rotatable bonds is 7. The number of thiazole rings is 1. The van der Waals surface area contributed by atoms with Gasteiger partial charge in [0.1, 0.15) is 21.7 Å². The molecule has 1 heterocycles. The van der Waals surface area contributed by atoms with Gasteiger partial charge in [-0.15, -0.1) is 0 Å². The number of fused-ring (bicyclic) bond motifs is 1. The number of methoxy groups -OCH3 is 2. The van der Waals surface area contributed by atoms with Crippen LogP contribution in [0, 0.1) is 17.0 Å². The summed E-state index contributed by atoms with van der Waals surface area (Å²) in [4.78, 5) is 30.9. The maximum Gasteiger partial charge on any atom is 0.273 e. The molecule has 4 aromatic rings. The van der Waals surface area contributed by atoms with Crippen LogP contribution < -0.4 is 14.4 Å². The van der Waals surface area contributed by atoms with Crippen molar-refractivity contribution in [1.29, 1.82) is 0 Å². The van der Waals surface area contributed by atoms with Gasteiger partial charge in [0.2, 0.25) is 0 Å². The smallest absolute Gasteiger partial charge is 0.273 e. The second-order valence-electron chi connectivity index (χ2n) is 7.23. The van der Waals surface area contributed by atoms with Crippen molar-refractivity contribution in [2.75, 3.05) is 19.1 Å². The van der Waals surface area contributed by atoms with Crippen molar-refractivity contribution in [3.63, 3.8) is 0 Å². The summed E-state index contributed by atoms with van der Waals surface area (Å²) in [5.74, 6) is 0.803. The minimum absolute atomic E-state index is 0.104. The number of amides is 1. The first-order valence-corrected chi connectivity index (χ1v) is 10.9. The van der Waals surface area contributed by atoms with Gasteiger partial charge in [-0.2, -0.15) is 0 Å². The number of anilines is 1. The van der Waals surface area contributed by atoms with Crippen molar-refractivity contribution in [2.24, 2.45) is 0 Å². The molecule has 0 aliphatic carbocycles. The quantitative estimate of drug-likeness (QED) is 0.270. The highest BCUT2D eigenvalue weighted by molar-refractivity contribution is 7.22. The van der Waals surface area contributed by atoms with E-state index in [9.17, 15) is 14.9 Å². The summed E-state index contributed by atoms with van der Waals surface area (Å²) >= 11 is 1.30. The lowest BCUT2D eigenvalue weighted by atomic mass is 10.1. The van der Waals surface area contributed by atoms with Gasteiger partial charge in [0.15, 0.2) is 5.13 Å². The Morgan fingerprint density at radius 1 is 1.03 bits per heavy atom. The molecule has 0 saturated carbocycles. The fraction of sp³-hybridized carbons (Fsp3) is 0.167. The first kappa shape index (κ1) is 22.2. The highest BCUT2D eigenvalue weighted by Crippen LogP contribution is 2.41. The van der Waals surface area contributed by atoms with E-state index in [1.807, 2.05) is 30.3 Å². The van der Waals surface area contributed by atoms with Crippen LogP contribution in [0.15, 0.2) is 60.7 Å². The molecule has 0 fully saturated rings. The van der Waals surface area contributed by atoms with Crippen LogP contribution in [0.4, 0.5) is 10.8 Å². The predicted molar refractivity (Wildman–Crippen MR) is 128 cm³/mol. The van der Waals surface area contributed by atoms with E-state index in [4.69, 9.17) is 14.5 Å². The lowest BCUT2D eigenvalue weighted by Gasteiger charge is -2.21. The third-order valence-electron chi connectivity index (χ3n) is 5.29. The molecule has 0 aliphatic rings. The van der Waals surface area contributed by atoms with Crippen molar-refractivity contribution >= 4 is 38.3 Å². The van der Waals surface area contributed by atoms with Gasteiger partial charge in [-0.05, 0) is 30.7 Å². The van der Waals surface area contributed by atoms with Gasteiger partial charge in [-0.3, -0.25) is 19.8 Å². The molecule has 0 unspecified atom stereocenters. The number of aromatic nitrogens is 1. The molecule has 0 saturated heterocycles. The molecule has 0 bridgehead atoms. The summed E-state index contributed by atoms with van der Waals surface area (Å²) in [6.07, 6.45) is 0. The number of nitro benzene ring substituents is 1. The van der Waals surface area contributed by atoms with Crippen molar-refractivity contribution in [3.05, 3.63) is 87.5 Å². The van der Waals surface area contributed by atoms with Crippen molar-refractivity contribution < 1.29 is 19.2 Å². The highest BCUT2D eigenvalue weighted by Gasteiger charge is 2.27. The summed E-state index contributed by atoms with van der Waals surface area (Å²) in [5.41, 5.74) is 1.93. The lowest BCUT2D eigenvalue weighted by molar-refractivity contribution is -0.385. The standard InChI is InChI=1S/C24H21N3O5S/c1-15-17(10-7-11-18(15)27(29)30)23(28)26(14-16-8-5-4-6-9-16)24-25-21-19(31-2)12-13-20(32-3)22(21)33-24/h4-13H,14H2,1-3H3. The molecule has 168 valence electrons. The minimum atomic E-state index is -0.485. The third-order valence-corrected chi connectivity index (χ3v) is 6.38. The van der Waals surface area contributed by atoms with Gasteiger partial charge < -0.3 is 9.47 Å². The normalized spacial score (nSPS) is 10.8.